The van der Waals surface area contributed by atoms with Gasteiger partial charge in [-0.05, 0) is 46.1 Å². The first kappa shape index (κ1) is 13.0. The summed E-state index contributed by atoms with van der Waals surface area (Å²) in [4.78, 5) is 7.99. The Balaban J connectivity index is 2.60. The van der Waals surface area contributed by atoms with Crippen molar-refractivity contribution in [1.82, 2.24) is 9.97 Å². The molecule has 0 aliphatic heterocycles. The van der Waals surface area contributed by atoms with Crippen LogP contribution in [0.2, 0.25) is 0 Å². The number of nitrogens with zero attached hydrogens (tertiary/aromatic N) is 2. The normalized spacial score (nSPS) is 10.9. The third-order valence-electron chi connectivity index (χ3n) is 2.53. The average molecular weight is 311 g/mol. The molecule has 5 heteroatoms. The van der Waals surface area contributed by atoms with E-state index < -0.39 is 0 Å². The third kappa shape index (κ3) is 2.51. The van der Waals surface area contributed by atoms with Crippen LogP contribution in [0.15, 0.2) is 28.7 Å². The Morgan fingerprint density at radius 3 is 2.33 bits per heavy atom. The highest BCUT2D eigenvalue weighted by Crippen LogP contribution is 2.33. The minimum atomic E-state index is -0.308. The predicted molar refractivity (Wildman–Crippen MR) is 70.9 cm³/mol. The Hall–Kier alpha value is -1.49. The zero-order chi connectivity index (χ0) is 13.3. The molecule has 1 heterocycles. The molecule has 0 radical (unpaired) electrons. The number of benzene rings is 1. The molecular formula is C13H12BrFN2O. The van der Waals surface area contributed by atoms with Gasteiger partial charge in [-0.1, -0.05) is 13.8 Å². The van der Waals surface area contributed by atoms with Gasteiger partial charge >= 0.3 is 6.01 Å². The molecule has 1 aromatic heterocycles. The lowest BCUT2D eigenvalue weighted by Gasteiger charge is -2.11. The van der Waals surface area contributed by atoms with E-state index in [1.807, 2.05) is 13.8 Å². The van der Waals surface area contributed by atoms with Gasteiger partial charge in [0.15, 0.2) is 0 Å². The van der Waals surface area contributed by atoms with Gasteiger partial charge < -0.3 is 5.11 Å². The Kier molecular flexibility index (Phi) is 3.61. The number of aromatic nitrogens is 2. The Labute approximate surface area is 113 Å². The van der Waals surface area contributed by atoms with E-state index in [1.165, 1.54) is 12.1 Å². The average Bonchev–Trinajstić information content (AvgIpc) is 2.32. The second-order valence-corrected chi connectivity index (χ2v) is 5.03. The van der Waals surface area contributed by atoms with Crippen LogP contribution in [-0.2, 0) is 0 Å². The van der Waals surface area contributed by atoms with Gasteiger partial charge in [0.05, 0.1) is 15.9 Å². The van der Waals surface area contributed by atoms with E-state index in [0.29, 0.717) is 5.69 Å². The molecule has 0 saturated carbocycles. The van der Waals surface area contributed by atoms with Gasteiger partial charge in [-0.15, -0.1) is 0 Å². The predicted octanol–water partition coefficient (Wildman–Crippen LogP) is 3.87. The van der Waals surface area contributed by atoms with Crippen LogP contribution in [0, 0.1) is 5.82 Å². The standard InChI is InChI=1S/C13H12BrFN2O/c1-7(2)11-10(14)12(17-13(18)16-11)8-3-5-9(15)6-4-8/h3-7H,1-2H3,(H,16,17,18). The fourth-order valence-electron chi connectivity index (χ4n) is 1.63. The van der Waals surface area contributed by atoms with Crippen LogP contribution in [0.3, 0.4) is 0 Å². The highest BCUT2D eigenvalue weighted by atomic mass is 79.9. The third-order valence-corrected chi connectivity index (χ3v) is 3.31. The number of rotatable bonds is 2. The molecule has 0 aliphatic rings. The van der Waals surface area contributed by atoms with E-state index in [-0.39, 0.29) is 17.7 Å². The van der Waals surface area contributed by atoms with E-state index in [1.54, 1.807) is 12.1 Å². The van der Waals surface area contributed by atoms with Crippen LogP contribution < -0.4 is 0 Å². The summed E-state index contributed by atoms with van der Waals surface area (Å²) in [6.45, 7) is 3.95. The van der Waals surface area contributed by atoms with Crippen molar-refractivity contribution in [3.8, 4) is 17.3 Å². The van der Waals surface area contributed by atoms with Gasteiger partial charge in [-0.3, -0.25) is 0 Å². The molecule has 0 fully saturated rings. The molecule has 0 unspecified atom stereocenters. The van der Waals surface area contributed by atoms with Gasteiger partial charge in [0.1, 0.15) is 5.82 Å². The number of hydrogen-bond donors (Lipinski definition) is 1. The first-order valence-corrected chi connectivity index (χ1v) is 6.30. The topological polar surface area (TPSA) is 46.0 Å². The van der Waals surface area contributed by atoms with E-state index >= 15 is 0 Å². The molecule has 0 aliphatic carbocycles. The first-order chi connectivity index (χ1) is 8.49. The van der Waals surface area contributed by atoms with Crippen LogP contribution in [0.4, 0.5) is 4.39 Å². The van der Waals surface area contributed by atoms with E-state index in [2.05, 4.69) is 25.9 Å². The molecule has 0 amide bonds. The second-order valence-electron chi connectivity index (χ2n) is 4.23. The molecule has 2 aromatic rings. The van der Waals surface area contributed by atoms with Crippen molar-refractivity contribution in [2.24, 2.45) is 0 Å². The maximum absolute atomic E-state index is 12.9. The molecule has 1 aromatic carbocycles. The zero-order valence-electron chi connectivity index (χ0n) is 9.98. The van der Waals surface area contributed by atoms with Gasteiger partial charge in [0.25, 0.3) is 0 Å². The Morgan fingerprint density at radius 2 is 1.78 bits per heavy atom. The van der Waals surface area contributed by atoms with Crippen LogP contribution in [0.1, 0.15) is 25.5 Å². The summed E-state index contributed by atoms with van der Waals surface area (Å²) >= 11 is 3.44. The maximum Gasteiger partial charge on any atom is 0.314 e. The summed E-state index contributed by atoms with van der Waals surface area (Å²) in [5, 5.41) is 9.57. The van der Waals surface area contributed by atoms with Gasteiger partial charge in [-0.2, -0.15) is 9.97 Å². The number of aromatic hydroxyl groups is 1. The minimum absolute atomic E-state index is 0.146. The van der Waals surface area contributed by atoms with E-state index in [4.69, 9.17) is 0 Å². The van der Waals surface area contributed by atoms with Crippen LogP contribution in [-0.4, -0.2) is 15.1 Å². The molecule has 0 bridgehead atoms. The molecular weight excluding hydrogens is 299 g/mol. The van der Waals surface area contributed by atoms with Crippen molar-refractivity contribution in [2.75, 3.05) is 0 Å². The molecule has 3 nitrogen and oxygen atoms in total. The fourth-order valence-corrected chi connectivity index (χ4v) is 2.50. The van der Waals surface area contributed by atoms with E-state index in [0.717, 1.165) is 15.7 Å². The fraction of sp³-hybridized carbons (Fsp3) is 0.231. The quantitative estimate of drug-likeness (QED) is 0.915. The molecule has 18 heavy (non-hydrogen) atoms. The van der Waals surface area contributed by atoms with Crippen LogP contribution in [0.5, 0.6) is 6.01 Å². The Bertz CT molecular complexity index is 570. The molecule has 0 spiro atoms. The van der Waals surface area contributed by atoms with Crippen molar-refractivity contribution < 1.29 is 9.50 Å². The molecule has 94 valence electrons. The molecule has 1 N–H and O–H groups in total. The van der Waals surface area contributed by atoms with Crippen LogP contribution >= 0.6 is 15.9 Å². The number of hydrogen-bond acceptors (Lipinski definition) is 3. The summed E-state index contributed by atoms with van der Waals surface area (Å²) in [5.41, 5.74) is 2.01. The summed E-state index contributed by atoms with van der Waals surface area (Å²) in [6.07, 6.45) is 0. The largest absolute Gasteiger partial charge is 0.479 e. The van der Waals surface area contributed by atoms with Crippen molar-refractivity contribution >= 4 is 15.9 Å². The second kappa shape index (κ2) is 5.02. The molecule has 0 saturated heterocycles. The molecule has 2 rings (SSSR count). The smallest absolute Gasteiger partial charge is 0.314 e. The van der Waals surface area contributed by atoms with E-state index in [9.17, 15) is 9.50 Å². The summed E-state index contributed by atoms with van der Waals surface area (Å²) in [5.74, 6) is -0.162. The van der Waals surface area contributed by atoms with Gasteiger partial charge in [0.2, 0.25) is 0 Å². The maximum atomic E-state index is 12.9. The summed E-state index contributed by atoms with van der Waals surface area (Å²) < 4.78 is 13.6. The van der Waals surface area contributed by atoms with Crippen molar-refractivity contribution in [2.45, 2.75) is 19.8 Å². The van der Waals surface area contributed by atoms with Crippen LogP contribution in [0.25, 0.3) is 11.3 Å². The monoisotopic (exact) mass is 310 g/mol. The molecule has 0 atom stereocenters. The summed E-state index contributed by atoms with van der Waals surface area (Å²) in [7, 11) is 0. The van der Waals surface area contributed by atoms with Crippen molar-refractivity contribution in [1.29, 1.82) is 0 Å². The number of halogens is 2. The first-order valence-electron chi connectivity index (χ1n) is 5.51. The zero-order valence-corrected chi connectivity index (χ0v) is 11.6. The lowest BCUT2D eigenvalue weighted by molar-refractivity contribution is 0.427. The SMILES string of the molecule is CC(C)c1nc(O)nc(-c2ccc(F)cc2)c1Br. The lowest BCUT2D eigenvalue weighted by atomic mass is 10.1. The van der Waals surface area contributed by atoms with Gasteiger partial charge in [0, 0.05) is 5.56 Å². The summed E-state index contributed by atoms with van der Waals surface area (Å²) in [6, 6.07) is 5.67. The highest BCUT2D eigenvalue weighted by Gasteiger charge is 2.15. The van der Waals surface area contributed by atoms with Gasteiger partial charge in [-0.25, -0.2) is 4.39 Å². The highest BCUT2D eigenvalue weighted by molar-refractivity contribution is 9.10. The minimum Gasteiger partial charge on any atom is -0.479 e. The van der Waals surface area contributed by atoms with Crippen molar-refractivity contribution in [3.63, 3.8) is 0 Å². The lowest BCUT2D eigenvalue weighted by Crippen LogP contribution is -1.99. The van der Waals surface area contributed by atoms with Crippen molar-refractivity contribution in [3.05, 3.63) is 40.2 Å². The Morgan fingerprint density at radius 1 is 1.17 bits per heavy atom.